The molecule has 0 aliphatic carbocycles. The van der Waals surface area contributed by atoms with Crippen molar-refractivity contribution in [2.75, 3.05) is 19.5 Å². The third-order valence-corrected chi connectivity index (χ3v) is 2.64. The molecule has 0 atom stereocenters. The molecule has 2 aromatic rings. The third-order valence-electron chi connectivity index (χ3n) is 2.64. The Labute approximate surface area is 107 Å². The number of nitrogens with zero attached hydrogens (tertiary/aromatic N) is 2. The Kier molecular flexibility index (Phi) is 3.37. The van der Waals surface area contributed by atoms with E-state index in [1.807, 2.05) is 0 Å². The van der Waals surface area contributed by atoms with Gasteiger partial charge in [-0.2, -0.15) is 9.78 Å². The maximum Gasteiger partial charge on any atom is 0.504 e. The number of anilines is 1. The van der Waals surface area contributed by atoms with Crippen LogP contribution in [0.2, 0.25) is 0 Å². The first-order valence-electron chi connectivity index (χ1n) is 5.43. The quantitative estimate of drug-likeness (QED) is 0.932. The zero-order chi connectivity index (χ0) is 14.0. The van der Waals surface area contributed by atoms with E-state index in [1.165, 1.54) is 13.3 Å². The van der Waals surface area contributed by atoms with Crippen molar-refractivity contribution in [1.82, 2.24) is 9.78 Å². The minimum Gasteiger partial charge on any atom is -0.495 e. The molecule has 1 aromatic heterocycles. The highest BCUT2D eigenvalue weighted by Crippen LogP contribution is 2.31. The molecule has 0 amide bonds. The Bertz CT molecular complexity index is 578. The van der Waals surface area contributed by atoms with E-state index in [9.17, 15) is 13.2 Å². The summed E-state index contributed by atoms with van der Waals surface area (Å²) in [6, 6.07) is 5.07. The van der Waals surface area contributed by atoms with Crippen molar-refractivity contribution in [3.05, 3.63) is 30.6 Å². The topological polar surface area (TPSA) is 39.1 Å². The molecule has 0 unspecified atom stereocenters. The third kappa shape index (κ3) is 2.64. The van der Waals surface area contributed by atoms with Crippen LogP contribution in [-0.2, 0) is 6.30 Å². The largest absolute Gasteiger partial charge is 0.504 e. The molecule has 0 aliphatic heterocycles. The van der Waals surface area contributed by atoms with E-state index >= 15 is 0 Å². The Morgan fingerprint density at radius 2 is 2.00 bits per heavy atom. The lowest BCUT2D eigenvalue weighted by Gasteiger charge is -2.09. The van der Waals surface area contributed by atoms with Crippen LogP contribution >= 0.6 is 0 Å². The fourth-order valence-corrected chi connectivity index (χ4v) is 1.69. The summed E-state index contributed by atoms with van der Waals surface area (Å²) in [4.78, 5) is 0. The highest BCUT2D eigenvalue weighted by atomic mass is 19.4. The molecule has 1 heterocycles. The molecule has 102 valence electrons. The first kappa shape index (κ1) is 13.3. The second-order valence-corrected chi connectivity index (χ2v) is 3.81. The average molecular weight is 271 g/mol. The predicted octanol–water partition coefficient (Wildman–Crippen LogP) is 3.08. The van der Waals surface area contributed by atoms with Crippen LogP contribution in [0.5, 0.6) is 5.75 Å². The van der Waals surface area contributed by atoms with E-state index < -0.39 is 6.30 Å². The van der Waals surface area contributed by atoms with E-state index in [1.54, 1.807) is 25.2 Å². The lowest BCUT2D eigenvalue weighted by Crippen LogP contribution is -2.16. The van der Waals surface area contributed by atoms with Crippen molar-refractivity contribution in [2.45, 2.75) is 6.30 Å². The van der Waals surface area contributed by atoms with Crippen LogP contribution in [0.4, 0.5) is 18.9 Å². The van der Waals surface area contributed by atoms with Gasteiger partial charge in [-0.25, -0.2) is 0 Å². The summed E-state index contributed by atoms with van der Waals surface area (Å²) in [6.07, 6.45) is -2.38. The SMILES string of the molecule is CNc1cc(-c2cnn(C(F)(F)F)c2)ccc1OC. The normalized spacial score (nSPS) is 11.4. The molecular weight excluding hydrogens is 259 g/mol. The van der Waals surface area contributed by atoms with Gasteiger partial charge < -0.3 is 10.1 Å². The molecular formula is C12H12F3N3O. The summed E-state index contributed by atoms with van der Waals surface area (Å²) in [5.41, 5.74) is 1.71. The smallest absolute Gasteiger partial charge is 0.495 e. The number of rotatable bonds is 3. The molecule has 0 saturated heterocycles. The van der Waals surface area contributed by atoms with Crippen LogP contribution < -0.4 is 10.1 Å². The lowest BCUT2D eigenvalue weighted by molar-refractivity contribution is -0.212. The number of halogens is 3. The molecule has 0 fully saturated rings. The van der Waals surface area contributed by atoms with Gasteiger partial charge in [0.05, 0.1) is 19.0 Å². The minimum atomic E-state index is -4.50. The van der Waals surface area contributed by atoms with E-state index in [4.69, 9.17) is 4.74 Å². The standard InChI is InChI=1S/C12H12F3N3O/c1-16-10-5-8(3-4-11(10)19-2)9-6-17-18(7-9)12(13,14)15/h3-7,16H,1-2H3. The number of hydrogen-bond acceptors (Lipinski definition) is 3. The number of alkyl halides is 3. The number of aromatic nitrogens is 2. The van der Waals surface area contributed by atoms with Gasteiger partial charge >= 0.3 is 6.30 Å². The Morgan fingerprint density at radius 3 is 2.53 bits per heavy atom. The van der Waals surface area contributed by atoms with E-state index in [2.05, 4.69) is 10.4 Å². The maximum atomic E-state index is 12.4. The van der Waals surface area contributed by atoms with E-state index in [0.717, 1.165) is 6.20 Å². The van der Waals surface area contributed by atoms with Gasteiger partial charge in [-0.1, -0.05) is 6.07 Å². The second-order valence-electron chi connectivity index (χ2n) is 3.81. The Hall–Kier alpha value is -2.18. The molecule has 1 N–H and O–H groups in total. The summed E-state index contributed by atoms with van der Waals surface area (Å²) in [7, 11) is 3.23. The van der Waals surface area contributed by atoms with Crippen molar-refractivity contribution in [3.8, 4) is 16.9 Å². The van der Waals surface area contributed by atoms with Gasteiger partial charge in [-0.3, -0.25) is 0 Å². The van der Waals surface area contributed by atoms with Crippen molar-refractivity contribution >= 4 is 5.69 Å². The van der Waals surface area contributed by atoms with E-state index in [0.29, 0.717) is 22.6 Å². The van der Waals surface area contributed by atoms with Gasteiger partial charge in [-0.15, -0.1) is 13.2 Å². The van der Waals surface area contributed by atoms with Crippen LogP contribution in [0.3, 0.4) is 0 Å². The van der Waals surface area contributed by atoms with Crippen molar-refractivity contribution in [1.29, 1.82) is 0 Å². The monoisotopic (exact) mass is 271 g/mol. The molecule has 4 nitrogen and oxygen atoms in total. The van der Waals surface area contributed by atoms with Gasteiger partial charge in [0.25, 0.3) is 0 Å². The molecule has 19 heavy (non-hydrogen) atoms. The molecule has 1 aromatic carbocycles. The van der Waals surface area contributed by atoms with E-state index in [-0.39, 0.29) is 4.68 Å². The zero-order valence-corrected chi connectivity index (χ0v) is 10.3. The first-order chi connectivity index (χ1) is 8.95. The molecule has 7 heteroatoms. The average Bonchev–Trinajstić information content (AvgIpc) is 2.87. The van der Waals surface area contributed by atoms with Crippen molar-refractivity contribution in [2.24, 2.45) is 0 Å². The van der Waals surface area contributed by atoms with Crippen LogP contribution in [-0.4, -0.2) is 23.9 Å². The fourth-order valence-electron chi connectivity index (χ4n) is 1.69. The summed E-state index contributed by atoms with van der Waals surface area (Å²) in [6.45, 7) is 0. The van der Waals surface area contributed by atoms with Gasteiger partial charge in [0.1, 0.15) is 5.75 Å². The van der Waals surface area contributed by atoms with Crippen LogP contribution in [0.1, 0.15) is 0 Å². The zero-order valence-electron chi connectivity index (χ0n) is 10.3. The Morgan fingerprint density at radius 1 is 1.26 bits per heavy atom. The highest BCUT2D eigenvalue weighted by molar-refractivity contribution is 5.71. The first-order valence-corrected chi connectivity index (χ1v) is 5.43. The molecule has 0 spiro atoms. The fraction of sp³-hybridized carbons (Fsp3) is 0.250. The van der Waals surface area contributed by atoms with Crippen molar-refractivity contribution < 1.29 is 17.9 Å². The highest BCUT2D eigenvalue weighted by Gasteiger charge is 2.31. The molecule has 0 saturated carbocycles. The van der Waals surface area contributed by atoms with Gasteiger partial charge in [-0.05, 0) is 17.7 Å². The molecule has 0 radical (unpaired) electrons. The summed E-state index contributed by atoms with van der Waals surface area (Å²) in [5, 5.41) is 6.22. The predicted molar refractivity (Wildman–Crippen MR) is 65.1 cm³/mol. The number of ether oxygens (including phenoxy) is 1. The molecule has 0 aliphatic rings. The second kappa shape index (κ2) is 4.83. The van der Waals surface area contributed by atoms with Crippen molar-refractivity contribution in [3.63, 3.8) is 0 Å². The van der Waals surface area contributed by atoms with Crippen LogP contribution in [0.15, 0.2) is 30.6 Å². The summed E-state index contributed by atoms with van der Waals surface area (Å²) in [5.74, 6) is 0.620. The number of methoxy groups -OCH3 is 1. The molecule has 2 rings (SSSR count). The number of benzene rings is 1. The number of hydrogen-bond donors (Lipinski definition) is 1. The number of nitrogens with one attached hydrogen (secondary N) is 1. The summed E-state index contributed by atoms with van der Waals surface area (Å²) < 4.78 is 42.4. The maximum absolute atomic E-state index is 12.4. The van der Waals surface area contributed by atoms with Gasteiger partial charge in [0.2, 0.25) is 0 Å². The van der Waals surface area contributed by atoms with Crippen LogP contribution in [0, 0.1) is 0 Å². The Balaban J connectivity index is 2.39. The van der Waals surface area contributed by atoms with Gasteiger partial charge in [0, 0.05) is 18.8 Å². The minimum absolute atomic E-state index is 0.0222. The molecule has 0 bridgehead atoms. The van der Waals surface area contributed by atoms with Gasteiger partial charge in [0.15, 0.2) is 0 Å². The lowest BCUT2D eigenvalue weighted by atomic mass is 10.1. The van der Waals surface area contributed by atoms with Crippen LogP contribution in [0.25, 0.3) is 11.1 Å². The summed E-state index contributed by atoms with van der Waals surface area (Å²) >= 11 is 0.